The molecule has 1 aromatic rings. The van der Waals surface area contributed by atoms with Gasteiger partial charge in [-0.2, -0.15) is 5.26 Å². The summed E-state index contributed by atoms with van der Waals surface area (Å²) in [4.78, 5) is 5.82. The maximum absolute atomic E-state index is 8.86. The van der Waals surface area contributed by atoms with Crippen LogP contribution in [0.1, 0.15) is 11.7 Å². The molecule has 1 atom stereocenters. The molecule has 4 heteroatoms. The first-order valence-corrected chi connectivity index (χ1v) is 3.69. The third-order valence-electron chi connectivity index (χ3n) is 1.77. The minimum absolute atomic E-state index is 0.211. The zero-order chi connectivity index (χ0) is 9.14. The monoisotopic (exact) mass is 164 g/mol. The van der Waals surface area contributed by atoms with Crippen LogP contribution in [0.15, 0.2) is 12.5 Å². The van der Waals surface area contributed by atoms with E-state index in [1.54, 1.807) is 12.5 Å². The van der Waals surface area contributed by atoms with Crippen LogP contribution in [0.5, 0.6) is 0 Å². The lowest BCUT2D eigenvalue weighted by molar-refractivity contribution is 0.347. The van der Waals surface area contributed by atoms with Gasteiger partial charge < -0.3 is 4.57 Å². The van der Waals surface area contributed by atoms with Crippen LogP contribution in [-0.4, -0.2) is 28.5 Å². The molecule has 0 amide bonds. The molecule has 0 N–H and O–H groups in total. The Hall–Kier alpha value is -1.34. The highest BCUT2D eigenvalue weighted by Gasteiger charge is 2.15. The van der Waals surface area contributed by atoms with Crippen molar-refractivity contribution in [2.24, 2.45) is 7.05 Å². The fourth-order valence-corrected chi connectivity index (χ4v) is 1.08. The molecule has 0 aliphatic heterocycles. The summed E-state index contributed by atoms with van der Waals surface area (Å²) in [6.07, 6.45) is 3.41. The Balaban J connectivity index is 2.97. The molecule has 4 nitrogen and oxygen atoms in total. The number of rotatable bonds is 2. The minimum atomic E-state index is -0.211. The smallest absolute Gasteiger partial charge is 0.140 e. The summed E-state index contributed by atoms with van der Waals surface area (Å²) in [7, 11) is 5.64. The van der Waals surface area contributed by atoms with Crippen molar-refractivity contribution in [1.82, 2.24) is 14.5 Å². The molecule has 1 unspecified atom stereocenters. The average Bonchev–Trinajstić information content (AvgIpc) is 2.38. The van der Waals surface area contributed by atoms with Gasteiger partial charge in [0.25, 0.3) is 0 Å². The highest BCUT2D eigenvalue weighted by molar-refractivity contribution is 5.13. The highest BCUT2D eigenvalue weighted by atomic mass is 15.1. The Morgan fingerprint density at radius 3 is 2.67 bits per heavy atom. The molecule has 1 aromatic heterocycles. The number of aromatic nitrogens is 2. The SMILES string of the molecule is CN(C)C(C#N)c1cncn1C. The first-order chi connectivity index (χ1) is 5.66. The van der Waals surface area contributed by atoms with Gasteiger partial charge in [0, 0.05) is 7.05 Å². The van der Waals surface area contributed by atoms with E-state index < -0.39 is 0 Å². The molecule has 0 fully saturated rings. The van der Waals surface area contributed by atoms with Crippen molar-refractivity contribution in [3.05, 3.63) is 18.2 Å². The zero-order valence-electron chi connectivity index (χ0n) is 7.52. The third-order valence-corrected chi connectivity index (χ3v) is 1.77. The predicted molar refractivity (Wildman–Crippen MR) is 45.2 cm³/mol. The normalized spacial score (nSPS) is 12.9. The van der Waals surface area contributed by atoms with Crippen molar-refractivity contribution in [2.75, 3.05) is 14.1 Å². The lowest BCUT2D eigenvalue weighted by atomic mass is 10.2. The second-order valence-electron chi connectivity index (χ2n) is 2.92. The molecule has 1 rings (SSSR count). The van der Waals surface area contributed by atoms with Gasteiger partial charge in [-0.15, -0.1) is 0 Å². The van der Waals surface area contributed by atoms with Gasteiger partial charge in [0.2, 0.25) is 0 Å². The van der Waals surface area contributed by atoms with Crippen LogP contribution in [0.25, 0.3) is 0 Å². The van der Waals surface area contributed by atoms with E-state index >= 15 is 0 Å². The third kappa shape index (κ3) is 1.46. The number of imidazole rings is 1. The first-order valence-electron chi connectivity index (χ1n) is 3.69. The van der Waals surface area contributed by atoms with Crippen molar-refractivity contribution in [3.63, 3.8) is 0 Å². The van der Waals surface area contributed by atoms with Crippen LogP contribution < -0.4 is 0 Å². The fraction of sp³-hybridized carbons (Fsp3) is 0.500. The van der Waals surface area contributed by atoms with E-state index in [4.69, 9.17) is 5.26 Å². The summed E-state index contributed by atoms with van der Waals surface area (Å²) in [6.45, 7) is 0. The molecule has 0 aliphatic carbocycles. The molecule has 1 heterocycles. The molecular formula is C8H12N4. The van der Waals surface area contributed by atoms with Crippen molar-refractivity contribution < 1.29 is 0 Å². The first kappa shape index (κ1) is 8.75. The molecule has 0 saturated heterocycles. The Morgan fingerprint density at radius 2 is 2.33 bits per heavy atom. The fourth-order valence-electron chi connectivity index (χ4n) is 1.08. The van der Waals surface area contributed by atoms with Crippen molar-refractivity contribution in [2.45, 2.75) is 6.04 Å². The molecule has 0 aromatic carbocycles. The summed E-state index contributed by atoms with van der Waals surface area (Å²) in [6, 6.07) is 2.00. The number of aryl methyl sites for hydroxylation is 1. The van der Waals surface area contributed by atoms with Crippen molar-refractivity contribution in [1.29, 1.82) is 5.26 Å². The molecular weight excluding hydrogens is 152 g/mol. The molecule has 0 aliphatic rings. The Bertz CT molecular complexity index is 294. The Kier molecular flexibility index (Phi) is 2.46. The second-order valence-corrected chi connectivity index (χ2v) is 2.92. The van der Waals surface area contributed by atoms with E-state index in [2.05, 4.69) is 11.1 Å². The minimum Gasteiger partial charge on any atom is -0.335 e. The van der Waals surface area contributed by atoms with Crippen molar-refractivity contribution in [3.8, 4) is 6.07 Å². The van der Waals surface area contributed by atoms with E-state index in [9.17, 15) is 0 Å². The Morgan fingerprint density at radius 1 is 1.67 bits per heavy atom. The standard InChI is InChI=1S/C8H12N4/c1-11(2)7(4-9)8-5-10-6-12(8)3/h5-7H,1-3H3. The van der Waals surface area contributed by atoms with Crippen LogP contribution >= 0.6 is 0 Å². The lowest BCUT2D eigenvalue weighted by Gasteiger charge is -2.16. The quantitative estimate of drug-likeness (QED) is 0.641. The number of hydrogen-bond donors (Lipinski definition) is 0. The van der Waals surface area contributed by atoms with Gasteiger partial charge in [-0.05, 0) is 14.1 Å². The van der Waals surface area contributed by atoms with Gasteiger partial charge in [0.05, 0.1) is 24.3 Å². The van der Waals surface area contributed by atoms with Crippen LogP contribution in [0.4, 0.5) is 0 Å². The summed E-state index contributed by atoms with van der Waals surface area (Å²) in [5, 5.41) is 8.86. The number of nitriles is 1. The Labute approximate surface area is 72.0 Å². The van der Waals surface area contributed by atoms with Crippen LogP contribution in [0.2, 0.25) is 0 Å². The van der Waals surface area contributed by atoms with Gasteiger partial charge >= 0.3 is 0 Å². The largest absolute Gasteiger partial charge is 0.335 e. The summed E-state index contributed by atoms with van der Waals surface area (Å²) in [5.41, 5.74) is 0.919. The average molecular weight is 164 g/mol. The van der Waals surface area contributed by atoms with E-state index in [-0.39, 0.29) is 6.04 Å². The van der Waals surface area contributed by atoms with Crippen LogP contribution in [-0.2, 0) is 7.05 Å². The van der Waals surface area contributed by atoms with E-state index in [0.717, 1.165) is 5.69 Å². The summed E-state index contributed by atoms with van der Waals surface area (Å²) < 4.78 is 1.86. The molecule has 0 bridgehead atoms. The maximum Gasteiger partial charge on any atom is 0.140 e. The van der Waals surface area contributed by atoms with Gasteiger partial charge in [0.15, 0.2) is 0 Å². The number of nitrogens with zero attached hydrogens (tertiary/aromatic N) is 4. The van der Waals surface area contributed by atoms with Crippen molar-refractivity contribution >= 4 is 0 Å². The molecule has 12 heavy (non-hydrogen) atoms. The van der Waals surface area contributed by atoms with E-state index in [1.165, 1.54) is 0 Å². The van der Waals surface area contributed by atoms with Crippen LogP contribution in [0.3, 0.4) is 0 Å². The van der Waals surface area contributed by atoms with Gasteiger partial charge in [-0.3, -0.25) is 4.90 Å². The molecule has 64 valence electrons. The van der Waals surface area contributed by atoms with Gasteiger partial charge in [-0.25, -0.2) is 4.98 Å². The molecule has 0 spiro atoms. The molecule has 0 saturated carbocycles. The van der Waals surface area contributed by atoms with E-state index in [0.29, 0.717) is 0 Å². The summed E-state index contributed by atoms with van der Waals surface area (Å²) in [5.74, 6) is 0. The summed E-state index contributed by atoms with van der Waals surface area (Å²) >= 11 is 0. The topological polar surface area (TPSA) is 44.9 Å². The van der Waals surface area contributed by atoms with Crippen LogP contribution in [0, 0.1) is 11.3 Å². The maximum atomic E-state index is 8.86. The van der Waals surface area contributed by atoms with Gasteiger partial charge in [0.1, 0.15) is 6.04 Å². The highest BCUT2D eigenvalue weighted by Crippen LogP contribution is 2.14. The van der Waals surface area contributed by atoms with Gasteiger partial charge in [-0.1, -0.05) is 0 Å². The second kappa shape index (κ2) is 3.37. The number of hydrogen-bond acceptors (Lipinski definition) is 3. The lowest BCUT2D eigenvalue weighted by Crippen LogP contribution is -2.20. The zero-order valence-corrected chi connectivity index (χ0v) is 7.52. The van der Waals surface area contributed by atoms with E-state index in [1.807, 2.05) is 30.6 Å². The predicted octanol–water partition coefficient (Wildman–Crippen LogP) is 0.546. The molecule has 0 radical (unpaired) electrons.